The van der Waals surface area contributed by atoms with Crippen molar-refractivity contribution in [2.45, 2.75) is 64.3 Å². The van der Waals surface area contributed by atoms with Crippen LogP contribution in [0.15, 0.2) is 48.5 Å². The summed E-state index contributed by atoms with van der Waals surface area (Å²) in [6.45, 7) is 4.50. The molecular formula is C22H29ClSi. The first-order chi connectivity index (χ1) is 11.7. The Kier molecular flexibility index (Phi) is 5.83. The van der Waals surface area contributed by atoms with Crippen molar-refractivity contribution in [2.24, 2.45) is 0 Å². The second-order valence-electron chi connectivity index (χ2n) is 7.16. The molecule has 0 nitrogen and oxygen atoms in total. The fourth-order valence-corrected chi connectivity index (χ4v) is 9.51. The Morgan fingerprint density at radius 1 is 0.833 bits per heavy atom. The molecule has 1 atom stereocenters. The first kappa shape index (κ1) is 17.8. The van der Waals surface area contributed by atoms with Gasteiger partial charge in [-0.3, -0.25) is 0 Å². The van der Waals surface area contributed by atoms with Crippen molar-refractivity contribution in [3.05, 3.63) is 59.7 Å². The first-order valence-electron chi connectivity index (χ1n) is 9.56. The van der Waals surface area contributed by atoms with Crippen molar-refractivity contribution >= 4 is 28.8 Å². The first-order valence-corrected chi connectivity index (χ1v) is 12.6. The zero-order valence-corrected chi connectivity index (χ0v) is 16.8. The molecule has 24 heavy (non-hydrogen) atoms. The fourth-order valence-electron chi connectivity index (χ4n) is 4.20. The van der Waals surface area contributed by atoms with E-state index < -0.39 is 7.38 Å². The molecule has 0 heterocycles. The summed E-state index contributed by atoms with van der Waals surface area (Å²) >= 11 is 7.67. The Labute approximate surface area is 153 Å². The maximum absolute atomic E-state index is 7.67. The Morgan fingerprint density at radius 2 is 1.42 bits per heavy atom. The van der Waals surface area contributed by atoms with Crippen molar-refractivity contribution in [1.29, 1.82) is 0 Å². The van der Waals surface area contributed by atoms with Crippen molar-refractivity contribution in [1.82, 2.24) is 0 Å². The quantitative estimate of drug-likeness (QED) is 0.494. The summed E-state index contributed by atoms with van der Waals surface area (Å²) in [6.07, 6.45) is 8.82. The molecule has 0 aromatic heterocycles. The Bertz CT molecular complexity index is 639. The Hall–Kier alpha value is -1.05. The third-order valence-electron chi connectivity index (χ3n) is 5.65. The lowest BCUT2D eigenvalue weighted by molar-refractivity contribution is 0.498. The van der Waals surface area contributed by atoms with Gasteiger partial charge in [0.1, 0.15) is 0 Å². The van der Waals surface area contributed by atoms with E-state index >= 15 is 0 Å². The highest BCUT2D eigenvalue weighted by Crippen LogP contribution is 2.39. The van der Waals surface area contributed by atoms with E-state index in [-0.39, 0.29) is 0 Å². The largest absolute Gasteiger partial charge is 0.220 e. The average Bonchev–Trinajstić information content (AvgIpc) is 2.68. The van der Waals surface area contributed by atoms with Gasteiger partial charge in [-0.25, -0.2) is 0 Å². The summed E-state index contributed by atoms with van der Waals surface area (Å²) in [5.74, 6) is 0. The highest BCUT2D eigenvalue weighted by atomic mass is 35.6. The molecule has 0 radical (unpaired) electrons. The lowest BCUT2D eigenvalue weighted by Crippen LogP contribution is -2.57. The Morgan fingerprint density at radius 3 is 1.96 bits per heavy atom. The number of rotatable bonds is 5. The molecule has 1 aliphatic rings. The van der Waals surface area contributed by atoms with Crippen LogP contribution in [0.5, 0.6) is 0 Å². The van der Waals surface area contributed by atoms with Crippen molar-refractivity contribution < 1.29 is 0 Å². The molecular weight excluding hydrogens is 328 g/mol. The Balaban J connectivity index is 2.14. The fraction of sp³-hybridized carbons (Fsp3) is 0.455. The van der Waals surface area contributed by atoms with Crippen molar-refractivity contribution in [3.8, 4) is 0 Å². The predicted octanol–water partition coefficient (Wildman–Crippen LogP) is 5.44. The second-order valence-corrected chi connectivity index (χ2v) is 12.3. The van der Waals surface area contributed by atoms with Crippen LogP contribution >= 0.6 is 11.1 Å². The lowest BCUT2D eigenvalue weighted by Gasteiger charge is -2.37. The number of halogens is 1. The molecule has 0 bridgehead atoms. The van der Waals surface area contributed by atoms with Gasteiger partial charge in [-0.1, -0.05) is 94.5 Å². The van der Waals surface area contributed by atoms with Crippen LogP contribution in [0.1, 0.15) is 57.1 Å². The van der Waals surface area contributed by atoms with Crippen LogP contribution in [0.4, 0.5) is 0 Å². The maximum Gasteiger partial charge on any atom is 0.220 e. The van der Waals surface area contributed by atoms with Crippen LogP contribution < -0.4 is 10.4 Å². The van der Waals surface area contributed by atoms with Gasteiger partial charge in [0.05, 0.1) is 0 Å². The molecule has 0 spiro atoms. The number of aryl methyl sites for hydroxylation is 2. The number of hydrogen-bond donors (Lipinski definition) is 0. The van der Waals surface area contributed by atoms with Crippen LogP contribution in [0.25, 0.3) is 0 Å². The second kappa shape index (κ2) is 7.88. The number of hydrogen-bond acceptors (Lipinski definition) is 0. The summed E-state index contributed by atoms with van der Waals surface area (Å²) in [5.41, 5.74) is 3.54. The maximum atomic E-state index is 7.67. The summed E-state index contributed by atoms with van der Waals surface area (Å²) < 4.78 is 0. The third-order valence-corrected chi connectivity index (χ3v) is 11.9. The van der Waals surface area contributed by atoms with Crippen LogP contribution in [-0.2, 0) is 12.8 Å². The van der Waals surface area contributed by atoms with Crippen LogP contribution in [-0.4, -0.2) is 7.38 Å². The molecule has 2 aromatic rings. The normalized spacial score (nSPS) is 18.3. The van der Waals surface area contributed by atoms with Crippen molar-refractivity contribution in [2.75, 3.05) is 0 Å². The SMILES string of the molecule is CCc1cc(CC)cc([Si](Cl)(c2ccccc2)C2CCCCC2)c1. The van der Waals surface area contributed by atoms with E-state index in [1.807, 2.05) is 0 Å². The van der Waals surface area contributed by atoms with Crippen LogP contribution in [0, 0.1) is 0 Å². The minimum absolute atomic E-state index is 0.659. The van der Waals surface area contributed by atoms with E-state index in [1.54, 1.807) is 0 Å². The van der Waals surface area contributed by atoms with Gasteiger partial charge in [0, 0.05) is 0 Å². The standard InChI is InChI=1S/C22H29ClSi/c1-3-18-15-19(4-2)17-22(16-18)24(23,20-11-7-5-8-12-20)21-13-9-6-10-14-21/h5,7-8,11-12,15-17,21H,3-4,6,9-10,13-14H2,1-2H3. The topological polar surface area (TPSA) is 0 Å². The number of benzene rings is 2. The summed E-state index contributed by atoms with van der Waals surface area (Å²) in [5, 5.41) is 2.84. The van der Waals surface area contributed by atoms with E-state index in [0.717, 1.165) is 12.8 Å². The summed E-state index contributed by atoms with van der Waals surface area (Å²) in [4.78, 5) is 0. The van der Waals surface area contributed by atoms with Crippen LogP contribution in [0.2, 0.25) is 5.54 Å². The highest BCUT2D eigenvalue weighted by Gasteiger charge is 2.44. The van der Waals surface area contributed by atoms with E-state index in [0.29, 0.717) is 5.54 Å². The van der Waals surface area contributed by atoms with Gasteiger partial charge in [-0.15, -0.1) is 0 Å². The summed E-state index contributed by atoms with van der Waals surface area (Å²) in [6, 6.07) is 18.2. The average molecular weight is 357 g/mol. The predicted molar refractivity (Wildman–Crippen MR) is 109 cm³/mol. The molecule has 1 aliphatic carbocycles. The van der Waals surface area contributed by atoms with Gasteiger partial charge in [0.2, 0.25) is 7.38 Å². The molecule has 2 aromatic carbocycles. The minimum Gasteiger partial charge on any atom is -0.155 e. The van der Waals surface area contributed by atoms with Gasteiger partial charge >= 0.3 is 0 Å². The van der Waals surface area contributed by atoms with Gasteiger partial charge in [-0.2, -0.15) is 11.1 Å². The van der Waals surface area contributed by atoms with Gasteiger partial charge in [0.25, 0.3) is 0 Å². The molecule has 3 rings (SSSR count). The summed E-state index contributed by atoms with van der Waals surface area (Å²) in [7, 11) is -2.22. The molecule has 0 N–H and O–H groups in total. The molecule has 0 amide bonds. The van der Waals surface area contributed by atoms with E-state index in [9.17, 15) is 0 Å². The molecule has 128 valence electrons. The monoisotopic (exact) mass is 356 g/mol. The zero-order chi connectivity index (χ0) is 17.0. The minimum atomic E-state index is -2.22. The molecule has 2 heteroatoms. The van der Waals surface area contributed by atoms with Crippen molar-refractivity contribution in [3.63, 3.8) is 0 Å². The molecule has 1 unspecified atom stereocenters. The van der Waals surface area contributed by atoms with Gasteiger partial charge < -0.3 is 0 Å². The lowest BCUT2D eigenvalue weighted by atomic mass is 10.0. The smallest absolute Gasteiger partial charge is 0.155 e. The highest BCUT2D eigenvalue weighted by molar-refractivity contribution is 7.34. The molecule has 0 aliphatic heterocycles. The van der Waals surface area contributed by atoms with E-state index in [1.165, 1.54) is 53.6 Å². The van der Waals surface area contributed by atoms with E-state index in [4.69, 9.17) is 11.1 Å². The van der Waals surface area contributed by atoms with Gasteiger partial charge in [-0.05, 0) is 39.9 Å². The van der Waals surface area contributed by atoms with Crippen LogP contribution in [0.3, 0.4) is 0 Å². The zero-order valence-electron chi connectivity index (χ0n) is 15.0. The molecule has 0 saturated heterocycles. The third kappa shape index (κ3) is 3.48. The molecule has 1 fully saturated rings. The molecule has 1 saturated carbocycles. The van der Waals surface area contributed by atoms with E-state index in [2.05, 4.69) is 62.4 Å². The van der Waals surface area contributed by atoms with Gasteiger partial charge in [0.15, 0.2) is 0 Å².